The number of H-pyrrole nitrogens is 1. The van der Waals surface area contributed by atoms with Crippen LogP contribution in [0.15, 0.2) is 37.1 Å². The summed E-state index contributed by atoms with van der Waals surface area (Å²) in [6, 6.07) is 2.38. The van der Waals surface area contributed by atoms with Gasteiger partial charge in [0.15, 0.2) is 0 Å². The number of nitrogens with one attached hydrogen (secondary N) is 2. The molecule has 134 valence electrons. The summed E-state index contributed by atoms with van der Waals surface area (Å²) < 4.78 is 29.6. The molecule has 1 aliphatic rings. The van der Waals surface area contributed by atoms with Crippen LogP contribution in [-0.2, 0) is 4.79 Å². The van der Waals surface area contributed by atoms with Gasteiger partial charge in [-0.1, -0.05) is 0 Å². The van der Waals surface area contributed by atoms with E-state index in [2.05, 4.69) is 15.3 Å². The molecule has 7 nitrogen and oxygen atoms in total. The van der Waals surface area contributed by atoms with Crippen LogP contribution in [0.25, 0.3) is 0 Å². The number of pyridine rings is 1. The number of aromatic nitrogens is 3. The summed E-state index contributed by atoms with van der Waals surface area (Å²) in [5.74, 6) is -3.72. The van der Waals surface area contributed by atoms with Crippen molar-refractivity contribution in [2.75, 3.05) is 18.4 Å². The van der Waals surface area contributed by atoms with E-state index in [-0.39, 0.29) is 25.4 Å². The van der Waals surface area contributed by atoms with E-state index in [0.717, 1.165) is 4.73 Å². The molecule has 3 N–H and O–H groups in total. The summed E-state index contributed by atoms with van der Waals surface area (Å²) >= 11 is 0. The Morgan fingerprint density at radius 1 is 1.52 bits per heavy atom. The third kappa shape index (κ3) is 3.76. The van der Waals surface area contributed by atoms with Gasteiger partial charge in [0.05, 0.1) is 24.5 Å². The van der Waals surface area contributed by atoms with Gasteiger partial charge < -0.3 is 10.3 Å². The fourth-order valence-electron chi connectivity index (χ4n) is 3.02. The SMILES string of the molecule is C[C@@H](C(=O)Nc1cnc[nH]1)N1CCC(F)(F)[C@@H](c2cc[n+](O)cc2)C1. The third-order valence-electron chi connectivity index (χ3n) is 4.58. The Kier molecular flexibility index (Phi) is 4.67. The fraction of sp³-hybridized carbons (Fsp3) is 0.438. The van der Waals surface area contributed by atoms with E-state index < -0.39 is 17.9 Å². The van der Waals surface area contributed by atoms with Crippen LogP contribution in [0.3, 0.4) is 0 Å². The number of likely N-dealkylation sites (tertiary alicyclic amines) is 1. The van der Waals surface area contributed by atoms with Crippen LogP contribution in [0.1, 0.15) is 24.8 Å². The summed E-state index contributed by atoms with van der Waals surface area (Å²) in [5.41, 5.74) is 0.432. The van der Waals surface area contributed by atoms with Gasteiger partial charge in [-0.3, -0.25) is 14.9 Å². The highest BCUT2D eigenvalue weighted by Crippen LogP contribution is 2.40. The molecule has 0 bridgehead atoms. The molecule has 2 aromatic rings. The molecule has 1 amide bonds. The number of carbonyl (C=O) groups is 1. The average Bonchev–Trinajstić information content (AvgIpc) is 3.08. The van der Waals surface area contributed by atoms with Crippen molar-refractivity contribution in [2.45, 2.75) is 31.2 Å². The molecular weight excluding hydrogens is 332 g/mol. The number of halogens is 2. The molecule has 0 aliphatic carbocycles. The zero-order valence-corrected chi connectivity index (χ0v) is 13.7. The lowest BCUT2D eigenvalue weighted by Crippen LogP contribution is -2.52. The van der Waals surface area contributed by atoms with E-state index in [1.165, 1.54) is 37.1 Å². The Balaban J connectivity index is 1.73. The van der Waals surface area contributed by atoms with Crippen molar-refractivity contribution in [3.8, 4) is 0 Å². The first kappa shape index (κ1) is 17.3. The van der Waals surface area contributed by atoms with Gasteiger partial charge in [0, 0.05) is 36.4 Å². The number of anilines is 1. The smallest absolute Gasteiger partial charge is 0.257 e. The number of hydrogen-bond donors (Lipinski definition) is 3. The summed E-state index contributed by atoms with van der Waals surface area (Å²) in [4.78, 5) is 20.7. The minimum atomic E-state index is -2.86. The van der Waals surface area contributed by atoms with Gasteiger partial charge in [0.1, 0.15) is 5.82 Å². The first-order valence-electron chi connectivity index (χ1n) is 7.98. The van der Waals surface area contributed by atoms with E-state index in [0.29, 0.717) is 11.4 Å². The van der Waals surface area contributed by atoms with Crippen LogP contribution in [0.5, 0.6) is 0 Å². The summed E-state index contributed by atoms with van der Waals surface area (Å²) in [6.45, 7) is 1.88. The molecule has 0 spiro atoms. The number of carbonyl (C=O) groups excluding carboxylic acids is 1. The molecule has 1 saturated heterocycles. The Labute approximate surface area is 143 Å². The molecule has 0 saturated carbocycles. The zero-order valence-electron chi connectivity index (χ0n) is 13.7. The van der Waals surface area contributed by atoms with Crippen molar-refractivity contribution < 1.29 is 23.5 Å². The summed E-state index contributed by atoms with van der Waals surface area (Å²) in [5, 5.41) is 12.0. The average molecular weight is 352 g/mol. The monoisotopic (exact) mass is 352 g/mol. The van der Waals surface area contributed by atoms with Gasteiger partial charge in [0.2, 0.25) is 18.3 Å². The first-order valence-corrected chi connectivity index (χ1v) is 7.98. The molecular formula is C16H20F2N5O2+. The quantitative estimate of drug-likeness (QED) is 0.573. The highest BCUT2D eigenvalue weighted by Gasteiger charge is 2.46. The number of imidazole rings is 1. The maximum absolute atomic E-state index is 14.4. The summed E-state index contributed by atoms with van der Waals surface area (Å²) in [7, 11) is 0. The molecule has 25 heavy (non-hydrogen) atoms. The lowest BCUT2D eigenvalue weighted by Gasteiger charge is -2.40. The second-order valence-electron chi connectivity index (χ2n) is 6.20. The van der Waals surface area contributed by atoms with Crippen molar-refractivity contribution in [3.05, 3.63) is 42.6 Å². The van der Waals surface area contributed by atoms with Crippen molar-refractivity contribution in [3.63, 3.8) is 0 Å². The molecule has 2 atom stereocenters. The van der Waals surface area contributed by atoms with Gasteiger partial charge in [-0.25, -0.2) is 13.8 Å². The van der Waals surface area contributed by atoms with Crippen molar-refractivity contribution in [2.24, 2.45) is 0 Å². The van der Waals surface area contributed by atoms with Gasteiger partial charge >= 0.3 is 0 Å². The summed E-state index contributed by atoms with van der Waals surface area (Å²) in [6.07, 6.45) is 5.23. The van der Waals surface area contributed by atoms with E-state index in [9.17, 15) is 18.8 Å². The number of piperidine rings is 1. The second kappa shape index (κ2) is 6.75. The van der Waals surface area contributed by atoms with Crippen molar-refractivity contribution in [1.29, 1.82) is 0 Å². The molecule has 1 fully saturated rings. The fourth-order valence-corrected chi connectivity index (χ4v) is 3.02. The number of alkyl halides is 2. The molecule has 2 aromatic heterocycles. The zero-order chi connectivity index (χ0) is 18.0. The van der Waals surface area contributed by atoms with E-state index in [4.69, 9.17) is 0 Å². The Hall–Kier alpha value is -2.55. The van der Waals surface area contributed by atoms with E-state index >= 15 is 0 Å². The van der Waals surface area contributed by atoms with Crippen LogP contribution in [0.4, 0.5) is 14.6 Å². The number of rotatable bonds is 4. The predicted octanol–water partition coefficient (Wildman–Crippen LogP) is 1.39. The first-order chi connectivity index (χ1) is 11.9. The standard InChI is InChI=1S/C16H19F2N5O2/c1-11(15(24)21-14-8-19-10-20-14)22-7-4-16(17,18)13(9-22)12-2-5-23(25)6-3-12/h2-3,5-6,8,10-11,13H,4,7,9H2,1H3,(H2-,19,20,21,24,25)/p+1/t11-,13+/m0/s1. The largest absolute Gasteiger partial charge is 0.331 e. The van der Waals surface area contributed by atoms with Crippen molar-refractivity contribution in [1.82, 2.24) is 14.9 Å². The molecule has 1 aliphatic heterocycles. The van der Waals surface area contributed by atoms with E-state index in [1.54, 1.807) is 11.8 Å². The Morgan fingerprint density at radius 3 is 2.88 bits per heavy atom. The number of amides is 1. The van der Waals surface area contributed by atoms with Crippen molar-refractivity contribution >= 4 is 11.7 Å². The highest BCUT2D eigenvalue weighted by molar-refractivity contribution is 5.93. The number of aromatic amines is 1. The normalized spacial score (nSPS) is 21.6. The minimum absolute atomic E-state index is 0.0556. The molecule has 3 rings (SSSR count). The molecule has 3 heterocycles. The lowest BCUT2D eigenvalue weighted by atomic mass is 9.87. The number of nitrogens with zero attached hydrogens (tertiary/aromatic N) is 3. The van der Waals surface area contributed by atoms with Gasteiger partial charge in [-0.15, -0.1) is 0 Å². The molecule has 0 unspecified atom stereocenters. The maximum Gasteiger partial charge on any atom is 0.257 e. The van der Waals surface area contributed by atoms with Gasteiger partial charge in [-0.05, 0) is 12.5 Å². The van der Waals surface area contributed by atoms with Crippen LogP contribution in [0.2, 0.25) is 0 Å². The van der Waals surface area contributed by atoms with Gasteiger partial charge in [0.25, 0.3) is 5.92 Å². The minimum Gasteiger partial charge on any atom is -0.331 e. The third-order valence-corrected chi connectivity index (χ3v) is 4.58. The van der Waals surface area contributed by atoms with Gasteiger partial charge in [-0.2, -0.15) is 0 Å². The van der Waals surface area contributed by atoms with Crippen LogP contribution in [0, 0.1) is 0 Å². The van der Waals surface area contributed by atoms with Crippen LogP contribution >= 0.6 is 0 Å². The Morgan fingerprint density at radius 2 is 2.24 bits per heavy atom. The lowest BCUT2D eigenvalue weighted by molar-refractivity contribution is -0.904. The van der Waals surface area contributed by atoms with Crippen LogP contribution in [-0.4, -0.2) is 51.0 Å². The molecule has 9 heteroatoms. The van der Waals surface area contributed by atoms with E-state index in [1.807, 2.05) is 0 Å². The number of hydrogen-bond acceptors (Lipinski definition) is 4. The van der Waals surface area contributed by atoms with Crippen LogP contribution < -0.4 is 10.0 Å². The Bertz CT molecular complexity index is 721. The highest BCUT2D eigenvalue weighted by atomic mass is 19.3. The second-order valence-corrected chi connectivity index (χ2v) is 6.20. The molecule has 0 aromatic carbocycles. The maximum atomic E-state index is 14.4. The molecule has 0 radical (unpaired) electrons. The predicted molar refractivity (Wildman–Crippen MR) is 84.4 cm³/mol. The topological polar surface area (TPSA) is 85.1 Å².